The summed E-state index contributed by atoms with van der Waals surface area (Å²) in [7, 11) is 0. The third-order valence-electron chi connectivity index (χ3n) is 4.79. The molecule has 2 aromatic rings. The predicted octanol–water partition coefficient (Wildman–Crippen LogP) is 4.64. The number of nitrogens with zero attached hydrogens (tertiary/aromatic N) is 1. The first-order valence-electron chi connectivity index (χ1n) is 7.60. The molecule has 3 rings (SSSR count). The number of hydrogen-bond donors (Lipinski definition) is 1. The van der Waals surface area contributed by atoms with Crippen molar-refractivity contribution in [3.05, 3.63) is 83.9 Å². The van der Waals surface area contributed by atoms with Crippen molar-refractivity contribution < 1.29 is 5.21 Å². The van der Waals surface area contributed by atoms with Crippen molar-refractivity contribution in [3.8, 4) is 0 Å². The van der Waals surface area contributed by atoms with Gasteiger partial charge in [0.15, 0.2) is 0 Å². The summed E-state index contributed by atoms with van der Waals surface area (Å²) in [6, 6.07) is 20.9. The van der Waals surface area contributed by atoms with E-state index in [9.17, 15) is 5.21 Å². The average Bonchev–Trinajstić information content (AvgIpc) is 2.82. The van der Waals surface area contributed by atoms with Gasteiger partial charge in [0.05, 0.1) is 0 Å². The highest BCUT2D eigenvalue weighted by Crippen LogP contribution is 2.53. The van der Waals surface area contributed by atoms with Crippen LogP contribution in [-0.2, 0) is 5.41 Å². The Morgan fingerprint density at radius 2 is 1.36 bits per heavy atom. The molecule has 22 heavy (non-hydrogen) atoms. The van der Waals surface area contributed by atoms with Crippen LogP contribution in [-0.4, -0.2) is 11.4 Å². The van der Waals surface area contributed by atoms with E-state index in [0.717, 1.165) is 0 Å². The van der Waals surface area contributed by atoms with Gasteiger partial charge in [-0.3, -0.25) is 0 Å². The molecule has 112 valence electrons. The first kappa shape index (κ1) is 14.6. The van der Waals surface area contributed by atoms with E-state index in [1.54, 1.807) is 6.21 Å². The van der Waals surface area contributed by atoms with Gasteiger partial charge in [0.25, 0.3) is 0 Å². The Kier molecular flexibility index (Phi) is 3.61. The Morgan fingerprint density at radius 1 is 0.864 bits per heavy atom. The third-order valence-corrected chi connectivity index (χ3v) is 4.79. The topological polar surface area (TPSA) is 32.6 Å². The van der Waals surface area contributed by atoms with Crippen LogP contribution in [0, 0.1) is 11.3 Å². The van der Waals surface area contributed by atoms with Crippen molar-refractivity contribution in [3.63, 3.8) is 0 Å². The minimum Gasteiger partial charge on any atom is -0.411 e. The molecule has 0 saturated heterocycles. The number of benzene rings is 2. The van der Waals surface area contributed by atoms with Crippen LogP contribution in [0.5, 0.6) is 0 Å². The number of allylic oxidation sites excluding steroid dienone is 2. The maximum atomic E-state index is 9.23. The van der Waals surface area contributed by atoms with Crippen molar-refractivity contribution in [1.29, 1.82) is 0 Å². The van der Waals surface area contributed by atoms with Crippen LogP contribution in [0.4, 0.5) is 0 Å². The molecule has 0 radical (unpaired) electrons. The van der Waals surface area contributed by atoms with E-state index >= 15 is 0 Å². The zero-order valence-electron chi connectivity index (χ0n) is 13.0. The van der Waals surface area contributed by atoms with Crippen LogP contribution >= 0.6 is 0 Å². The quantitative estimate of drug-likeness (QED) is 0.380. The van der Waals surface area contributed by atoms with Crippen LogP contribution in [0.2, 0.25) is 0 Å². The van der Waals surface area contributed by atoms with E-state index < -0.39 is 0 Å². The lowest BCUT2D eigenvalue weighted by molar-refractivity contribution is 0.291. The Bertz CT molecular complexity index is 647. The maximum Gasteiger partial charge on any atom is 0.0490 e. The lowest BCUT2D eigenvalue weighted by atomic mass is 9.63. The zero-order valence-corrected chi connectivity index (χ0v) is 13.0. The lowest BCUT2D eigenvalue weighted by Gasteiger charge is -2.39. The third kappa shape index (κ3) is 2.16. The molecular formula is C20H21NO. The fourth-order valence-corrected chi connectivity index (χ4v) is 3.66. The average molecular weight is 291 g/mol. The van der Waals surface area contributed by atoms with Crippen LogP contribution in [0.3, 0.4) is 0 Å². The van der Waals surface area contributed by atoms with Gasteiger partial charge in [0.1, 0.15) is 0 Å². The van der Waals surface area contributed by atoms with E-state index in [2.05, 4.69) is 79.7 Å². The van der Waals surface area contributed by atoms with Gasteiger partial charge in [-0.25, -0.2) is 0 Å². The number of oxime groups is 1. The van der Waals surface area contributed by atoms with E-state index in [1.165, 1.54) is 11.1 Å². The summed E-state index contributed by atoms with van der Waals surface area (Å²) >= 11 is 0. The monoisotopic (exact) mass is 291 g/mol. The normalized spacial score (nSPS) is 22.2. The van der Waals surface area contributed by atoms with Gasteiger partial charge in [-0.05, 0) is 16.5 Å². The Labute approximate surface area is 131 Å². The van der Waals surface area contributed by atoms with E-state index in [-0.39, 0.29) is 16.7 Å². The molecule has 1 N–H and O–H groups in total. The smallest absolute Gasteiger partial charge is 0.0490 e. The van der Waals surface area contributed by atoms with Gasteiger partial charge in [0.2, 0.25) is 0 Å². The highest BCUT2D eigenvalue weighted by Gasteiger charge is 2.50. The molecule has 2 aromatic carbocycles. The molecule has 0 amide bonds. The lowest BCUT2D eigenvalue weighted by Crippen LogP contribution is -2.39. The Morgan fingerprint density at radius 3 is 1.82 bits per heavy atom. The van der Waals surface area contributed by atoms with Crippen LogP contribution in [0.15, 0.2) is 78.0 Å². The summed E-state index contributed by atoms with van der Waals surface area (Å²) in [5.74, 6) is 0.0507. The summed E-state index contributed by atoms with van der Waals surface area (Å²) in [4.78, 5) is 0. The molecule has 2 heteroatoms. The maximum absolute atomic E-state index is 9.23. The molecule has 1 unspecified atom stereocenters. The van der Waals surface area contributed by atoms with Crippen LogP contribution in [0.25, 0.3) is 0 Å². The van der Waals surface area contributed by atoms with Crippen molar-refractivity contribution in [2.24, 2.45) is 16.5 Å². The highest BCUT2D eigenvalue weighted by molar-refractivity contribution is 5.71. The highest BCUT2D eigenvalue weighted by atomic mass is 16.4. The van der Waals surface area contributed by atoms with Crippen molar-refractivity contribution in [1.82, 2.24) is 0 Å². The number of rotatable bonds is 3. The fraction of sp³-hybridized carbons (Fsp3) is 0.250. The van der Waals surface area contributed by atoms with E-state index in [1.807, 2.05) is 12.1 Å². The van der Waals surface area contributed by atoms with E-state index in [0.29, 0.717) is 0 Å². The molecular weight excluding hydrogens is 270 g/mol. The predicted molar refractivity (Wildman–Crippen MR) is 90.4 cm³/mol. The summed E-state index contributed by atoms with van der Waals surface area (Å²) in [6.07, 6.45) is 6.18. The molecule has 2 nitrogen and oxygen atoms in total. The second kappa shape index (κ2) is 5.45. The molecule has 1 atom stereocenters. The minimum absolute atomic E-state index is 0.0507. The van der Waals surface area contributed by atoms with E-state index in [4.69, 9.17) is 0 Å². The first-order chi connectivity index (χ1) is 10.6. The summed E-state index contributed by atoms with van der Waals surface area (Å²) in [5.41, 5.74) is 2.04. The fourth-order valence-electron chi connectivity index (χ4n) is 3.66. The first-order valence-corrected chi connectivity index (χ1v) is 7.60. The molecule has 0 saturated carbocycles. The van der Waals surface area contributed by atoms with Crippen molar-refractivity contribution in [2.45, 2.75) is 19.3 Å². The second-order valence-corrected chi connectivity index (χ2v) is 6.50. The van der Waals surface area contributed by atoms with Gasteiger partial charge in [0, 0.05) is 17.5 Å². The molecule has 0 bridgehead atoms. The molecule has 0 heterocycles. The molecule has 0 aromatic heterocycles. The number of hydrogen-bond acceptors (Lipinski definition) is 2. The summed E-state index contributed by atoms with van der Waals surface area (Å²) in [5, 5.41) is 12.6. The largest absolute Gasteiger partial charge is 0.411 e. The SMILES string of the molecule is CC1(C)C=CC(c2ccccc2)(c2ccccc2)C1/C=N\O. The molecule has 1 aliphatic rings. The van der Waals surface area contributed by atoms with Gasteiger partial charge >= 0.3 is 0 Å². The van der Waals surface area contributed by atoms with Crippen molar-refractivity contribution in [2.75, 3.05) is 0 Å². The van der Waals surface area contributed by atoms with Crippen LogP contribution < -0.4 is 0 Å². The molecule has 0 fully saturated rings. The molecule has 0 aliphatic heterocycles. The van der Waals surface area contributed by atoms with Gasteiger partial charge < -0.3 is 5.21 Å². The summed E-state index contributed by atoms with van der Waals surface area (Å²) < 4.78 is 0. The Balaban J connectivity index is 2.28. The van der Waals surface area contributed by atoms with Crippen molar-refractivity contribution >= 4 is 6.21 Å². The molecule has 1 aliphatic carbocycles. The summed E-state index contributed by atoms with van der Waals surface area (Å²) in [6.45, 7) is 4.37. The minimum atomic E-state index is -0.307. The Hall–Kier alpha value is -2.35. The molecule has 0 spiro atoms. The second-order valence-electron chi connectivity index (χ2n) is 6.50. The van der Waals surface area contributed by atoms with Crippen LogP contribution in [0.1, 0.15) is 25.0 Å². The van der Waals surface area contributed by atoms with Gasteiger partial charge in [-0.2, -0.15) is 0 Å². The van der Waals surface area contributed by atoms with Gasteiger partial charge in [-0.1, -0.05) is 86.7 Å². The zero-order chi connectivity index (χ0) is 15.6. The van der Waals surface area contributed by atoms with Gasteiger partial charge in [-0.15, -0.1) is 5.16 Å². The standard InChI is InChI=1S/C20H21NO/c1-19(2)13-14-20(18(19)15-21-22,16-9-5-3-6-10-16)17-11-7-4-8-12-17/h3-15,18,22H,1-2H3/b21-15-.